The van der Waals surface area contributed by atoms with E-state index in [1.165, 1.54) is 12.5 Å². The Morgan fingerprint density at radius 1 is 1.38 bits per heavy atom. The fraction of sp³-hybridized carbons (Fsp3) is 0.588. The maximum absolute atomic E-state index is 14.0. The lowest BCUT2D eigenvalue weighted by molar-refractivity contribution is 0.0733. The lowest BCUT2D eigenvalue weighted by Gasteiger charge is -2.43. The molecular weight excluding hydrogens is 333 g/mol. The largest absolute Gasteiger partial charge is 0.348 e. The minimum atomic E-state index is -0.479. The third kappa shape index (κ3) is 2.23. The molecule has 3 atom stereocenters. The predicted molar refractivity (Wildman–Crippen MR) is 84.6 cm³/mol. The lowest BCUT2D eigenvalue weighted by atomic mass is 9.68. The van der Waals surface area contributed by atoms with E-state index in [-0.39, 0.29) is 28.3 Å². The lowest BCUT2D eigenvalue weighted by Crippen LogP contribution is -2.52. The van der Waals surface area contributed by atoms with E-state index in [4.69, 9.17) is 0 Å². The Morgan fingerprint density at radius 2 is 2.10 bits per heavy atom. The Bertz CT molecular complexity index is 575. The Hall–Kier alpha value is -0.900. The van der Waals surface area contributed by atoms with Crippen LogP contribution in [-0.2, 0) is 0 Å². The first-order valence-corrected chi connectivity index (χ1v) is 8.30. The molecule has 0 heterocycles. The normalized spacial score (nSPS) is 33.2. The first kappa shape index (κ1) is 15.0. The number of benzene rings is 1. The van der Waals surface area contributed by atoms with E-state index in [9.17, 15) is 9.18 Å². The van der Waals surface area contributed by atoms with Crippen molar-refractivity contribution in [1.29, 1.82) is 0 Å². The summed E-state index contributed by atoms with van der Waals surface area (Å²) >= 11 is 3.28. The van der Waals surface area contributed by atoms with Gasteiger partial charge < -0.3 is 5.32 Å². The highest BCUT2D eigenvalue weighted by Crippen LogP contribution is 2.62. The summed E-state index contributed by atoms with van der Waals surface area (Å²) in [6.45, 7) is 6.70. The average molecular weight is 354 g/mol. The standard InChI is InChI=1S/C17H21BrFNO/c1-16(2)10-7-8-17(3,9-10)15(16)20-14(21)13-11(18)5-4-6-12(13)19/h4-6,10,15H,7-9H2,1-3H3,(H,20,21). The van der Waals surface area contributed by atoms with Crippen molar-refractivity contribution in [2.24, 2.45) is 16.7 Å². The van der Waals surface area contributed by atoms with E-state index in [1.807, 2.05) is 0 Å². The van der Waals surface area contributed by atoms with Crippen molar-refractivity contribution in [2.45, 2.75) is 46.1 Å². The van der Waals surface area contributed by atoms with Crippen LogP contribution in [0.1, 0.15) is 50.4 Å². The molecular formula is C17H21BrFNO. The van der Waals surface area contributed by atoms with Gasteiger partial charge in [-0.15, -0.1) is 0 Å². The molecule has 0 radical (unpaired) electrons. The van der Waals surface area contributed by atoms with E-state index >= 15 is 0 Å². The molecule has 1 amide bonds. The van der Waals surface area contributed by atoms with Crippen molar-refractivity contribution in [3.63, 3.8) is 0 Å². The third-order valence-electron chi connectivity index (χ3n) is 5.74. The molecule has 0 saturated heterocycles. The van der Waals surface area contributed by atoms with Gasteiger partial charge in [0.2, 0.25) is 0 Å². The molecule has 2 nitrogen and oxygen atoms in total. The Kier molecular flexibility index (Phi) is 3.43. The average Bonchev–Trinajstić information content (AvgIpc) is 2.86. The van der Waals surface area contributed by atoms with Crippen molar-refractivity contribution >= 4 is 21.8 Å². The molecule has 2 aliphatic carbocycles. The van der Waals surface area contributed by atoms with Gasteiger partial charge in [-0.05, 0) is 64.1 Å². The molecule has 0 spiro atoms. The fourth-order valence-electron chi connectivity index (χ4n) is 4.58. The zero-order valence-electron chi connectivity index (χ0n) is 12.7. The number of carbonyl (C=O) groups excluding carboxylic acids is 1. The molecule has 114 valence electrons. The van der Waals surface area contributed by atoms with Gasteiger partial charge in [0.15, 0.2) is 0 Å². The first-order valence-electron chi connectivity index (χ1n) is 7.50. The molecule has 1 aromatic rings. The topological polar surface area (TPSA) is 29.1 Å². The zero-order valence-corrected chi connectivity index (χ0v) is 14.3. The van der Waals surface area contributed by atoms with Crippen LogP contribution in [0, 0.1) is 22.6 Å². The van der Waals surface area contributed by atoms with Gasteiger partial charge in [0, 0.05) is 10.5 Å². The summed E-state index contributed by atoms with van der Waals surface area (Å²) in [5, 5.41) is 3.13. The van der Waals surface area contributed by atoms with Crippen LogP contribution in [0.25, 0.3) is 0 Å². The van der Waals surface area contributed by atoms with Crippen molar-refractivity contribution < 1.29 is 9.18 Å². The predicted octanol–water partition coefficient (Wildman–Crippen LogP) is 4.53. The van der Waals surface area contributed by atoms with E-state index in [0.29, 0.717) is 10.4 Å². The summed E-state index contributed by atoms with van der Waals surface area (Å²) in [7, 11) is 0. The van der Waals surface area contributed by atoms with Crippen LogP contribution in [0.4, 0.5) is 4.39 Å². The van der Waals surface area contributed by atoms with Gasteiger partial charge in [0.05, 0.1) is 5.56 Å². The van der Waals surface area contributed by atoms with E-state index in [0.717, 1.165) is 12.8 Å². The summed E-state index contributed by atoms with van der Waals surface area (Å²) in [5.74, 6) is -0.142. The minimum absolute atomic E-state index is 0.0698. The molecule has 2 fully saturated rings. The summed E-state index contributed by atoms with van der Waals surface area (Å²) in [6.07, 6.45) is 3.53. The second kappa shape index (κ2) is 4.80. The van der Waals surface area contributed by atoms with E-state index in [1.54, 1.807) is 12.1 Å². The van der Waals surface area contributed by atoms with Gasteiger partial charge in [-0.1, -0.05) is 26.8 Å². The van der Waals surface area contributed by atoms with Crippen LogP contribution in [0.15, 0.2) is 22.7 Å². The zero-order chi connectivity index (χ0) is 15.4. The van der Waals surface area contributed by atoms with Crippen molar-refractivity contribution in [3.05, 3.63) is 34.1 Å². The number of rotatable bonds is 2. The van der Waals surface area contributed by atoms with Crippen LogP contribution in [0.2, 0.25) is 0 Å². The molecule has 1 aromatic carbocycles. The van der Waals surface area contributed by atoms with Gasteiger partial charge in [-0.25, -0.2) is 4.39 Å². The second-order valence-electron chi connectivity index (χ2n) is 7.42. The van der Waals surface area contributed by atoms with Crippen LogP contribution >= 0.6 is 15.9 Å². The molecule has 21 heavy (non-hydrogen) atoms. The van der Waals surface area contributed by atoms with E-state index in [2.05, 4.69) is 42.0 Å². The fourth-order valence-corrected chi connectivity index (χ4v) is 5.10. The summed E-state index contributed by atoms with van der Waals surface area (Å²) in [4.78, 5) is 12.6. The monoisotopic (exact) mass is 353 g/mol. The van der Waals surface area contributed by atoms with Gasteiger partial charge in [-0.2, -0.15) is 0 Å². The maximum atomic E-state index is 14.0. The van der Waals surface area contributed by atoms with Gasteiger partial charge in [0.1, 0.15) is 5.82 Å². The molecule has 0 aliphatic heterocycles. The number of fused-ring (bicyclic) bond motifs is 2. The summed E-state index contributed by atoms with van der Waals surface area (Å²) in [5.41, 5.74) is 0.321. The quantitative estimate of drug-likeness (QED) is 0.831. The maximum Gasteiger partial charge on any atom is 0.255 e. The Morgan fingerprint density at radius 3 is 2.67 bits per heavy atom. The van der Waals surface area contributed by atoms with Gasteiger partial charge >= 0.3 is 0 Å². The number of hydrogen-bond donors (Lipinski definition) is 1. The molecule has 0 aromatic heterocycles. The summed E-state index contributed by atoms with van der Waals surface area (Å²) < 4.78 is 14.5. The highest BCUT2D eigenvalue weighted by molar-refractivity contribution is 9.10. The number of nitrogens with one attached hydrogen (secondary N) is 1. The van der Waals surface area contributed by atoms with E-state index < -0.39 is 5.82 Å². The highest BCUT2D eigenvalue weighted by atomic mass is 79.9. The van der Waals surface area contributed by atoms with Crippen LogP contribution in [0.5, 0.6) is 0 Å². The molecule has 4 heteroatoms. The molecule has 2 aliphatic rings. The van der Waals surface area contributed by atoms with Gasteiger partial charge in [-0.3, -0.25) is 4.79 Å². The van der Waals surface area contributed by atoms with Crippen molar-refractivity contribution in [3.8, 4) is 0 Å². The highest BCUT2D eigenvalue weighted by Gasteiger charge is 2.59. The number of amides is 1. The van der Waals surface area contributed by atoms with Crippen LogP contribution in [-0.4, -0.2) is 11.9 Å². The Balaban J connectivity index is 1.89. The minimum Gasteiger partial charge on any atom is -0.348 e. The SMILES string of the molecule is CC12CCC(C1)C(C)(C)C2NC(=O)c1c(F)cccc1Br. The number of carbonyl (C=O) groups is 1. The van der Waals surface area contributed by atoms with Crippen LogP contribution < -0.4 is 5.32 Å². The molecule has 2 bridgehead atoms. The smallest absolute Gasteiger partial charge is 0.255 e. The van der Waals surface area contributed by atoms with Crippen molar-refractivity contribution in [2.75, 3.05) is 0 Å². The first-order chi connectivity index (χ1) is 9.75. The molecule has 1 N–H and O–H groups in total. The Labute approximate surface area is 133 Å². The van der Waals surface area contributed by atoms with Gasteiger partial charge in [0.25, 0.3) is 5.91 Å². The van der Waals surface area contributed by atoms with Crippen molar-refractivity contribution in [1.82, 2.24) is 5.32 Å². The van der Waals surface area contributed by atoms with Crippen LogP contribution in [0.3, 0.4) is 0 Å². The summed E-state index contributed by atoms with van der Waals surface area (Å²) in [6, 6.07) is 4.72. The molecule has 3 rings (SSSR count). The third-order valence-corrected chi connectivity index (χ3v) is 6.40. The number of hydrogen-bond acceptors (Lipinski definition) is 1. The number of halogens is 2. The molecule has 3 unspecified atom stereocenters. The second-order valence-corrected chi connectivity index (χ2v) is 8.27. The molecule has 2 saturated carbocycles.